The molecule has 0 radical (unpaired) electrons. The summed E-state index contributed by atoms with van der Waals surface area (Å²) in [6, 6.07) is 12.4. The summed E-state index contributed by atoms with van der Waals surface area (Å²) in [7, 11) is 3.22. The van der Waals surface area contributed by atoms with E-state index >= 15 is 0 Å². The molecule has 2 aromatic carbocycles. The van der Waals surface area contributed by atoms with Crippen molar-refractivity contribution in [2.24, 2.45) is 7.05 Å². The zero-order valence-electron chi connectivity index (χ0n) is 11.7. The highest BCUT2D eigenvalue weighted by Crippen LogP contribution is 2.27. The summed E-state index contributed by atoms with van der Waals surface area (Å²) in [5.41, 5.74) is 2.53. The second-order valence-corrected chi connectivity index (χ2v) is 4.83. The van der Waals surface area contributed by atoms with Gasteiger partial charge >= 0.3 is 5.76 Å². The molecule has 0 saturated heterocycles. The van der Waals surface area contributed by atoms with Crippen molar-refractivity contribution in [2.45, 2.75) is 6.10 Å². The van der Waals surface area contributed by atoms with E-state index in [0.717, 1.165) is 0 Å². The van der Waals surface area contributed by atoms with Crippen molar-refractivity contribution in [3.63, 3.8) is 0 Å². The van der Waals surface area contributed by atoms with Crippen LogP contribution in [0.5, 0.6) is 5.75 Å². The lowest BCUT2D eigenvalue weighted by atomic mass is 10.0. The molecular formula is C16H15NO4. The second kappa shape index (κ2) is 5.10. The number of rotatable bonds is 3. The number of hydrogen-bond donors (Lipinski definition) is 1. The molecule has 0 saturated carbocycles. The smallest absolute Gasteiger partial charge is 0.419 e. The average Bonchev–Trinajstić information content (AvgIpc) is 2.81. The Balaban J connectivity index is 2.04. The fraction of sp³-hybridized carbons (Fsp3) is 0.188. The van der Waals surface area contributed by atoms with E-state index in [9.17, 15) is 9.90 Å². The molecule has 108 valence electrons. The monoisotopic (exact) mass is 285 g/mol. The zero-order chi connectivity index (χ0) is 15.0. The summed E-state index contributed by atoms with van der Waals surface area (Å²) >= 11 is 0. The van der Waals surface area contributed by atoms with E-state index in [2.05, 4.69) is 0 Å². The molecule has 5 heteroatoms. The molecule has 0 fully saturated rings. The Morgan fingerprint density at radius 1 is 1.19 bits per heavy atom. The molecule has 1 atom stereocenters. The quantitative estimate of drug-likeness (QED) is 0.801. The third kappa shape index (κ3) is 2.32. The van der Waals surface area contributed by atoms with E-state index in [4.69, 9.17) is 9.15 Å². The molecule has 0 aliphatic heterocycles. The Hall–Kier alpha value is -2.53. The first-order chi connectivity index (χ1) is 10.1. The van der Waals surface area contributed by atoms with Gasteiger partial charge < -0.3 is 14.3 Å². The second-order valence-electron chi connectivity index (χ2n) is 4.83. The first kappa shape index (κ1) is 13.5. The van der Waals surface area contributed by atoms with Gasteiger partial charge in [0, 0.05) is 7.05 Å². The summed E-state index contributed by atoms with van der Waals surface area (Å²) in [5, 5.41) is 10.5. The Labute approximate surface area is 121 Å². The van der Waals surface area contributed by atoms with Crippen LogP contribution < -0.4 is 10.5 Å². The van der Waals surface area contributed by atoms with Crippen molar-refractivity contribution in [2.75, 3.05) is 7.11 Å². The minimum atomic E-state index is -0.810. The normalized spacial score (nSPS) is 12.5. The van der Waals surface area contributed by atoms with Gasteiger partial charge in [-0.15, -0.1) is 0 Å². The molecule has 0 bridgehead atoms. The van der Waals surface area contributed by atoms with Crippen LogP contribution in [0.1, 0.15) is 17.2 Å². The number of nitrogens with zero attached hydrogens (tertiary/aromatic N) is 1. The molecule has 5 nitrogen and oxygen atoms in total. The highest BCUT2D eigenvalue weighted by Gasteiger charge is 2.14. The van der Waals surface area contributed by atoms with Crippen molar-refractivity contribution >= 4 is 11.1 Å². The van der Waals surface area contributed by atoms with Crippen LogP contribution in [0.2, 0.25) is 0 Å². The Morgan fingerprint density at radius 3 is 2.71 bits per heavy atom. The molecule has 0 spiro atoms. The highest BCUT2D eigenvalue weighted by atomic mass is 16.5. The number of aryl methyl sites for hydroxylation is 1. The summed E-state index contributed by atoms with van der Waals surface area (Å²) < 4.78 is 11.7. The third-order valence-corrected chi connectivity index (χ3v) is 3.54. The van der Waals surface area contributed by atoms with Gasteiger partial charge in [0.2, 0.25) is 0 Å². The van der Waals surface area contributed by atoms with Crippen LogP contribution in [0.3, 0.4) is 0 Å². The van der Waals surface area contributed by atoms with Gasteiger partial charge in [-0.2, -0.15) is 0 Å². The number of aliphatic hydroxyl groups excluding tert-OH is 1. The molecule has 1 aromatic heterocycles. The number of aromatic nitrogens is 1. The average molecular weight is 285 g/mol. The SMILES string of the molecule is COc1cccc(C(O)c2ccc3c(c2)oc(=O)n3C)c1. The molecule has 3 rings (SSSR count). The zero-order valence-corrected chi connectivity index (χ0v) is 11.7. The van der Waals surface area contributed by atoms with E-state index in [-0.39, 0.29) is 0 Å². The van der Waals surface area contributed by atoms with Crippen LogP contribution in [0, 0.1) is 0 Å². The number of hydrogen-bond acceptors (Lipinski definition) is 4. The van der Waals surface area contributed by atoms with E-state index < -0.39 is 11.9 Å². The van der Waals surface area contributed by atoms with Crippen LogP contribution in [-0.4, -0.2) is 16.8 Å². The topological polar surface area (TPSA) is 64.6 Å². The fourth-order valence-electron chi connectivity index (χ4n) is 2.32. The van der Waals surface area contributed by atoms with Crippen molar-refractivity contribution in [3.05, 3.63) is 64.1 Å². The van der Waals surface area contributed by atoms with Crippen LogP contribution >= 0.6 is 0 Å². The summed E-state index contributed by atoms with van der Waals surface area (Å²) in [6.45, 7) is 0. The molecule has 21 heavy (non-hydrogen) atoms. The third-order valence-electron chi connectivity index (χ3n) is 3.54. The minimum Gasteiger partial charge on any atom is -0.497 e. The number of aliphatic hydroxyl groups is 1. The molecule has 1 unspecified atom stereocenters. The Bertz CT molecular complexity index is 847. The Morgan fingerprint density at radius 2 is 1.95 bits per heavy atom. The lowest BCUT2D eigenvalue weighted by molar-refractivity contribution is 0.220. The predicted molar refractivity (Wildman–Crippen MR) is 78.5 cm³/mol. The van der Waals surface area contributed by atoms with Crippen molar-refractivity contribution in [1.29, 1.82) is 0 Å². The van der Waals surface area contributed by atoms with Crippen molar-refractivity contribution in [3.8, 4) is 5.75 Å². The van der Waals surface area contributed by atoms with Gasteiger partial charge in [-0.1, -0.05) is 18.2 Å². The van der Waals surface area contributed by atoms with Gasteiger partial charge in [-0.25, -0.2) is 4.79 Å². The Kier molecular flexibility index (Phi) is 3.27. The molecule has 0 amide bonds. The molecule has 3 aromatic rings. The lowest BCUT2D eigenvalue weighted by Crippen LogP contribution is -2.08. The maximum Gasteiger partial charge on any atom is 0.419 e. The van der Waals surface area contributed by atoms with Gasteiger partial charge in [0.25, 0.3) is 0 Å². The van der Waals surface area contributed by atoms with E-state index in [1.54, 1.807) is 38.4 Å². The van der Waals surface area contributed by atoms with Crippen LogP contribution in [0.25, 0.3) is 11.1 Å². The van der Waals surface area contributed by atoms with Crippen LogP contribution in [0.15, 0.2) is 51.7 Å². The van der Waals surface area contributed by atoms with Crippen molar-refractivity contribution in [1.82, 2.24) is 4.57 Å². The summed E-state index contributed by atoms with van der Waals surface area (Å²) in [6.07, 6.45) is -0.810. The molecule has 1 heterocycles. The number of oxazole rings is 1. The van der Waals surface area contributed by atoms with E-state index in [0.29, 0.717) is 28.0 Å². The molecule has 0 aliphatic carbocycles. The first-order valence-corrected chi connectivity index (χ1v) is 6.51. The fourth-order valence-corrected chi connectivity index (χ4v) is 2.32. The summed E-state index contributed by atoms with van der Waals surface area (Å²) in [5.74, 6) is 0.261. The molecule has 0 aliphatic rings. The maximum atomic E-state index is 11.5. The van der Waals surface area contributed by atoms with Gasteiger partial charge in [0.15, 0.2) is 5.58 Å². The maximum absolute atomic E-state index is 11.5. The van der Waals surface area contributed by atoms with Crippen LogP contribution in [-0.2, 0) is 7.05 Å². The van der Waals surface area contributed by atoms with Crippen LogP contribution in [0.4, 0.5) is 0 Å². The number of ether oxygens (including phenoxy) is 1. The van der Waals surface area contributed by atoms with E-state index in [1.807, 2.05) is 18.2 Å². The molecular weight excluding hydrogens is 270 g/mol. The van der Waals surface area contributed by atoms with Gasteiger partial charge in [-0.3, -0.25) is 4.57 Å². The lowest BCUT2D eigenvalue weighted by Gasteiger charge is -2.12. The molecule has 1 N–H and O–H groups in total. The van der Waals surface area contributed by atoms with E-state index in [1.165, 1.54) is 4.57 Å². The first-order valence-electron chi connectivity index (χ1n) is 6.51. The number of benzene rings is 2. The predicted octanol–water partition coefficient (Wildman–Crippen LogP) is 2.22. The number of fused-ring (bicyclic) bond motifs is 1. The van der Waals surface area contributed by atoms with Gasteiger partial charge in [-0.05, 0) is 35.4 Å². The minimum absolute atomic E-state index is 0.418. The summed E-state index contributed by atoms with van der Waals surface area (Å²) in [4.78, 5) is 11.5. The standard InChI is InChI=1S/C16H15NO4/c1-17-13-7-6-11(9-14(13)21-16(17)19)15(18)10-4-3-5-12(8-10)20-2/h3-9,15,18H,1-2H3. The van der Waals surface area contributed by atoms with Gasteiger partial charge in [0.1, 0.15) is 11.9 Å². The highest BCUT2D eigenvalue weighted by molar-refractivity contribution is 5.74. The van der Waals surface area contributed by atoms with Gasteiger partial charge in [0.05, 0.1) is 12.6 Å². The van der Waals surface area contributed by atoms with Crippen molar-refractivity contribution < 1.29 is 14.3 Å². The number of methoxy groups -OCH3 is 1. The largest absolute Gasteiger partial charge is 0.497 e.